The summed E-state index contributed by atoms with van der Waals surface area (Å²) in [4.78, 5) is 0. The van der Waals surface area contributed by atoms with E-state index in [1.54, 1.807) is 0 Å². The summed E-state index contributed by atoms with van der Waals surface area (Å²) in [5.74, 6) is 0. The molecular weight excluding hydrogens is 178 g/mol. The number of aryl methyl sites for hydroxylation is 1. The van der Waals surface area contributed by atoms with E-state index in [9.17, 15) is 0 Å². The molecule has 0 aliphatic carbocycles. The van der Waals surface area contributed by atoms with E-state index in [-0.39, 0.29) is 29.6 Å². The van der Waals surface area contributed by atoms with Gasteiger partial charge in [-0.25, -0.2) is 0 Å². The van der Waals surface area contributed by atoms with Crippen LogP contribution in [0.1, 0.15) is 37.5 Å². The minimum atomic E-state index is 0. The average molecular weight is 195 g/mol. The molecule has 0 atom stereocenters. The fraction of sp³-hybridized carbons (Fsp3) is 0.500. The molecule has 0 heterocycles. The minimum Gasteiger partial charge on any atom is -0.0933 e. The monoisotopic (exact) mass is 195 g/mol. The van der Waals surface area contributed by atoms with Crippen molar-refractivity contribution in [2.24, 2.45) is 0 Å². The molecule has 0 saturated carbocycles. The number of hydrogen-bond donors (Lipinski definition) is 0. The summed E-state index contributed by atoms with van der Waals surface area (Å²) < 4.78 is 0. The normalized spacial score (nSPS) is 9.64. The van der Waals surface area contributed by atoms with Crippen molar-refractivity contribution in [2.45, 2.75) is 40.0 Å². The van der Waals surface area contributed by atoms with E-state index >= 15 is 0 Å². The maximum Gasteiger partial charge on any atom is 0.114 e. The van der Waals surface area contributed by atoms with E-state index in [1.807, 2.05) is 6.07 Å². The van der Waals surface area contributed by atoms with Gasteiger partial charge in [-0.2, -0.15) is 0 Å². The van der Waals surface area contributed by atoms with Crippen LogP contribution in [-0.4, -0.2) is 37.4 Å². The van der Waals surface area contributed by atoms with Gasteiger partial charge in [0.25, 0.3) is 0 Å². The van der Waals surface area contributed by atoms with Crippen LogP contribution in [0.3, 0.4) is 0 Å². The summed E-state index contributed by atoms with van der Waals surface area (Å²) in [6.07, 6.45) is 3.25. The van der Waals surface area contributed by atoms with E-state index in [0.29, 0.717) is 0 Å². The van der Waals surface area contributed by atoms with Crippen molar-refractivity contribution in [1.82, 2.24) is 0 Å². The predicted molar refractivity (Wildman–Crippen MR) is 65.7 cm³/mol. The molecule has 0 aliphatic rings. The zero-order valence-corrected chi connectivity index (χ0v) is 11.9. The molecule has 1 rings (SSSR count). The smallest absolute Gasteiger partial charge is 0.0933 e. The number of rotatable bonds is 3. The molecule has 0 bridgehead atoms. The van der Waals surface area contributed by atoms with Crippen LogP contribution in [0.4, 0.5) is 0 Å². The van der Waals surface area contributed by atoms with Gasteiger partial charge in [0.05, 0.1) is 0 Å². The first-order valence-corrected chi connectivity index (χ1v) is 5.13. The molecule has 0 N–H and O–H groups in total. The molecule has 69 valence electrons. The molecule has 0 spiro atoms. The Hall–Kier alpha value is 0.285. The Labute approximate surface area is 111 Å². The first-order chi connectivity index (χ1) is 6.24. The molecule has 0 fully saturated rings. The Morgan fingerprint density at radius 1 is 0.929 bits per heavy atom. The van der Waals surface area contributed by atoms with Gasteiger partial charge in [0.1, 0.15) is 7.85 Å². The van der Waals surface area contributed by atoms with Gasteiger partial charge in [0.2, 0.25) is 0 Å². The SMILES string of the molecule is [B]c1ccc(CC)c(CC)c1CC.[Na]. The average Bonchev–Trinajstić information content (AvgIpc) is 2.17. The fourth-order valence-electron chi connectivity index (χ4n) is 1.95. The summed E-state index contributed by atoms with van der Waals surface area (Å²) in [6.45, 7) is 6.57. The van der Waals surface area contributed by atoms with Crippen molar-refractivity contribution < 1.29 is 0 Å². The van der Waals surface area contributed by atoms with Gasteiger partial charge in [-0.3, -0.25) is 0 Å². The van der Waals surface area contributed by atoms with Crippen LogP contribution in [0.5, 0.6) is 0 Å². The molecule has 0 unspecified atom stereocenters. The zero-order chi connectivity index (χ0) is 9.84. The van der Waals surface area contributed by atoms with Crippen LogP contribution in [-0.2, 0) is 19.3 Å². The van der Waals surface area contributed by atoms with E-state index in [4.69, 9.17) is 7.85 Å². The molecule has 0 amide bonds. The van der Waals surface area contributed by atoms with Gasteiger partial charge in [0.15, 0.2) is 0 Å². The second kappa shape index (κ2) is 6.71. The van der Waals surface area contributed by atoms with Crippen LogP contribution in [0.15, 0.2) is 12.1 Å². The predicted octanol–water partition coefficient (Wildman–Crippen LogP) is 1.79. The number of benzene rings is 1. The molecule has 0 aliphatic heterocycles. The fourth-order valence-corrected chi connectivity index (χ4v) is 1.95. The Bertz CT molecular complexity index is 295. The van der Waals surface area contributed by atoms with E-state index in [0.717, 1.165) is 24.7 Å². The van der Waals surface area contributed by atoms with Crippen LogP contribution < -0.4 is 5.46 Å². The molecule has 2 heteroatoms. The van der Waals surface area contributed by atoms with Crippen LogP contribution in [0, 0.1) is 0 Å². The Morgan fingerprint density at radius 2 is 1.50 bits per heavy atom. The van der Waals surface area contributed by atoms with Gasteiger partial charge in [-0.15, -0.1) is 0 Å². The molecule has 14 heavy (non-hydrogen) atoms. The molecule has 3 radical (unpaired) electrons. The molecular formula is C12H17BNa. The third-order valence-corrected chi connectivity index (χ3v) is 2.65. The quantitative estimate of drug-likeness (QED) is 0.645. The first kappa shape index (κ1) is 14.3. The summed E-state index contributed by atoms with van der Waals surface area (Å²) in [5.41, 5.74) is 5.22. The first-order valence-electron chi connectivity index (χ1n) is 5.13. The van der Waals surface area contributed by atoms with Gasteiger partial charge in [-0.05, 0) is 30.4 Å². The Kier molecular flexibility index (Phi) is 6.85. The summed E-state index contributed by atoms with van der Waals surface area (Å²) >= 11 is 0. The maximum absolute atomic E-state index is 5.93. The second-order valence-electron chi connectivity index (χ2n) is 3.33. The molecule has 1 aromatic carbocycles. The number of hydrogen-bond acceptors (Lipinski definition) is 0. The van der Waals surface area contributed by atoms with Crippen LogP contribution in [0.2, 0.25) is 0 Å². The summed E-state index contributed by atoms with van der Waals surface area (Å²) in [5, 5.41) is 0. The topological polar surface area (TPSA) is 0 Å². The van der Waals surface area contributed by atoms with Crippen LogP contribution in [0.25, 0.3) is 0 Å². The van der Waals surface area contributed by atoms with Crippen molar-refractivity contribution in [1.29, 1.82) is 0 Å². The van der Waals surface area contributed by atoms with Crippen molar-refractivity contribution in [3.8, 4) is 0 Å². The molecule has 0 nitrogen and oxygen atoms in total. The minimum absolute atomic E-state index is 0. The van der Waals surface area contributed by atoms with E-state index in [1.165, 1.54) is 16.7 Å². The molecule has 0 aromatic heterocycles. The van der Waals surface area contributed by atoms with E-state index in [2.05, 4.69) is 26.8 Å². The third-order valence-electron chi connectivity index (χ3n) is 2.65. The van der Waals surface area contributed by atoms with E-state index < -0.39 is 0 Å². The molecule has 1 aromatic rings. The third kappa shape index (κ3) is 2.89. The van der Waals surface area contributed by atoms with Crippen LogP contribution >= 0.6 is 0 Å². The summed E-state index contributed by atoms with van der Waals surface area (Å²) in [6, 6.07) is 4.20. The second-order valence-corrected chi connectivity index (χ2v) is 3.33. The van der Waals surface area contributed by atoms with Crippen molar-refractivity contribution in [3.05, 3.63) is 28.8 Å². The van der Waals surface area contributed by atoms with Gasteiger partial charge in [0, 0.05) is 29.6 Å². The van der Waals surface area contributed by atoms with Gasteiger partial charge < -0.3 is 0 Å². The summed E-state index contributed by atoms with van der Waals surface area (Å²) in [7, 11) is 5.93. The standard InChI is InChI=1S/C12H17B.Na/c1-4-9-7-8-12(13)11(6-3)10(9)5-2;/h7-8H,4-6H2,1-3H3;. The zero-order valence-electron chi connectivity index (χ0n) is 9.85. The van der Waals surface area contributed by atoms with Crippen molar-refractivity contribution in [2.75, 3.05) is 0 Å². The Morgan fingerprint density at radius 3 is 1.93 bits per heavy atom. The van der Waals surface area contributed by atoms with Crippen molar-refractivity contribution >= 4 is 42.9 Å². The molecule has 0 saturated heterocycles. The Balaban J connectivity index is 0.00000169. The van der Waals surface area contributed by atoms with Crippen molar-refractivity contribution in [3.63, 3.8) is 0 Å². The largest absolute Gasteiger partial charge is 0.114 e. The van der Waals surface area contributed by atoms with Gasteiger partial charge >= 0.3 is 0 Å². The van der Waals surface area contributed by atoms with Gasteiger partial charge in [-0.1, -0.05) is 43.9 Å². The maximum atomic E-state index is 5.93.